The molecule has 0 spiro atoms. The fourth-order valence-electron chi connectivity index (χ4n) is 4.26. The molecule has 0 saturated carbocycles. The summed E-state index contributed by atoms with van der Waals surface area (Å²) in [5.74, 6) is 0.531. The molecule has 1 atom stereocenters. The Labute approximate surface area is 189 Å². The molecule has 0 aliphatic carbocycles. The Bertz CT molecular complexity index is 1080. The Morgan fingerprint density at radius 3 is 2.44 bits per heavy atom. The Kier molecular flexibility index (Phi) is 6.85. The summed E-state index contributed by atoms with van der Waals surface area (Å²) < 4.78 is 5.56. The average Bonchev–Trinajstić information content (AvgIpc) is 3.01. The number of methoxy groups -OCH3 is 1. The summed E-state index contributed by atoms with van der Waals surface area (Å²) in [5.41, 5.74) is 4.09. The van der Waals surface area contributed by atoms with E-state index < -0.39 is 0 Å². The van der Waals surface area contributed by atoms with Gasteiger partial charge >= 0.3 is 0 Å². The zero-order valence-electron chi connectivity index (χ0n) is 18.3. The average molecular weight is 429 g/mol. The highest BCUT2D eigenvalue weighted by molar-refractivity contribution is 5.83. The summed E-state index contributed by atoms with van der Waals surface area (Å²) in [6.07, 6.45) is 0.898. The van der Waals surface area contributed by atoms with Gasteiger partial charge in [-0.3, -0.25) is 9.59 Å². The molecule has 1 aliphatic rings. The van der Waals surface area contributed by atoms with Crippen LogP contribution in [0.2, 0.25) is 0 Å². The first kappa shape index (κ1) is 21.6. The summed E-state index contributed by atoms with van der Waals surface area (Å²) in [6, 6.07) is 25.7. The maximum atomic E-state index is 13.0. The first-order chi connectivity index (χ1) is 15.7. The van der Waals surface area contributed by atoms with Gasteiger partial charge in [-0.2, -0.15) is 0 Å². The lowest BCUT2D eigenvalue weighted by Gasteiger charge is -2.24. The maximum Gasteiger partial charge on any atom is 0.227 e. The van der Waals surface area contributed by atoms with Gasteiger partial charge in [-0.1, -0.05) is 72.8 Å². The van der Waals surface area contributed by atoms with Gasteiger partial charge in [0.2, 0.25) is 11.8 Å². The van der Waals surface area contributed by atoms with Crippen molar-refractivity contribution < 1.29 is 14.3 Å². The summed E-state index contributed by atoms with van der Waals surface area (Å²) in [5, 5.41) is 2.99. The zero-order chi connectivity index (χ0) is 22.3. The molecule has 1 N–H and O–H groups in total. The first-order valence-electron chi connectivity index (χ1n) is 11.0. The third-order valence-corrected chi connectivity index (χ3v) is 5.92. The summed E-state index contributed by atoms with van der Waals surface area (Å²) in [7, 11) is 1.66. The van der Waals surface area contributed by atoms with E-state index in [1.807, 2.05) is 71.6 Å². The third-order valence-electron chi connectivity index (χ3n) is 5.92. The number of ether oxygens (including phenoxy) is 1. The van der Waals surface area contributed by atoms with Crippen LogP contribution in [0.15, 0.2) is 78.9 Å². The van der Waals surface area contributed by atoms with Crippen LogP contribution in [-0.2, 0) is 22.4 Å². The minimum absolute atomic E-state index is 0.00478. The van der Waals surface area contributed by atoms with Crippen molar-refractivity contribution in [2.45, 2.75) is 12.8 Å². The van der Waals surface area contributed by atoms with Gasteiger partial charge in [0.25, 0.3) is 0 Å². The zero-order valence-corrected chi connectivity index (χ0v) is 18.3. The minimum atomic E-state index is -0.312. The quantitative estimate of drug-likeness (QED) is 0.651. The number of hydrogen-bond donors (Lipinski definition) is 1. The van der Waals surface area contributed by atoms with Crippen molar-refractivity contribution in [3.05, 3.63) is 90.0 Å². The molecule has 3 aromatic rings. The molecular formula is C27H28N2O3. The molecule has 32 heavy (non-hydrogen) atoms. The highest BCUT2D eigenvalue weighted by Gasteiger charge is 2.28. The molecule has 0 unspecified atom stereocenters. The number of rotatable bonds is 6. The molecule has 0 radical (unpaired) electrons. The SMILES string of the molecule is COc1ccccc1-c1ccccc1C[C@@H]1CN(C(=O)Cc2ccccc2)CCNC1=O. The van der Waals surface area contributed by atoms with Gasteiger partial charge < -0.3 is 15.0 Å². The van der Waals surface area contributed by atoms with Crippen molar-refractivity contribution in [1.29, 1.82) is 0 Å². The van der Waals surface area contributed by atoms with Crippen molar-refractivity contribution in [3.63, 3.8) is 0 Å². The second kappa shape index (κ2) is 10.1. The van der Waals surface area contributed by atoms with E-state index in [2.05, 4.69) is 17.4 Å². The molecule has 1 saturated heterocycles. The first-order valence-corrected chi connectivity index (χ1v) is 11.0. The van der Waals surface area contributed by atoms with E-state index in [9.17, 15) is 9.59 Å². The van der Waals surface area contributed by atoms with Crippen LogP contribution in [0.5, 0.6) is 5.75 Å². The number of carbonyl (C=O) groups excluding carboxylic acids is 2. The van der Waals surface area contributed by atoms with Crippen LogP contribution in [0, 0.1) is 5.92 Å². The van der Waals surface area contributed by atoms with E-state index in [-0.39, 0.29) is 17.7 Å². The van der Waals surface area contributed by atoms with Gasteiger partial charge in [0, 0.05) is 25.2 Å². The van der Waals surface area contributed by atoms with Crippen molar-refractivity contribution in [2.75, 3.05) is 26.7 Å². The Morgan fingerprint density at radius 1 is 0.969 bits per heavy atom. The molecule has 0 aromatic heterocycles. The van der Waals surface area contributed by atoms with Gasteiger partial charge in [-0.05, 0) is 29.2 Å². The Morgan fingerprint density at radius 2 is 1.66 bits per heavy atom. The van der Waals surface area contributed by atoms with Gasteiger partial charge in [-0.15, -0.1) is 0 Å². The monoisotopic (exact) mass is 428 g/mol. The number of nitrogens with zero attached hydrogens (tertiary/aromatic N) is 1. The standard InChI is InChI=1S/C27H28N2O3/c1-32-25-14-8-7-13-24(25)23-12-6-5-11-21(23)18-22-19-29(16-15-28-27(22)31)26(30)17-20-9-3-2-4-10-20/h2-14,22H,15-19H2,1H3,(H,28,31)/t22-/m1/s1. The molecule has 5 nitrogen and oxygen atoms in total. The Hall–Kier alpha value is -3.60. The van der Waals surface area contributed by atoms with Crippen LogP contribution in [-0.4, -0.2) is 43.5 Å². The highest BCUT2D eigenvalue weighted by Crippen LogP contribution is 2.33. The van der Waals surface area contributed by atoms with E-state index in [1.165, 1.54) is 0 Å². The van der Waals surface area contributed by atoms with Crippen LogP contribution in [0.4, 0.5) is 0 Å². The van der Waals surface area contributed by atoms with Gasteiger partial charge in [0.15, 0.2) is 0 Å². The lowest BCUT2D eigenvalue weighted by atomic mass is 9.91. The molecule has 4 rings (SSSR count). The lowest BCUT2D eigenvalue weighted by Crippen LogP contribution is -2.38. The van der Waals surface area contributed by atoms with Crippen molar-refractivity contribution in [3.8, 4) is 16.9 Å². The van der Waals surface area contributed by atoms with Crippen LogP contribution >= 0.6 is 0 Å². The van der Waals surface area contributed by atoms with Crippen molar-refractivity contribution >= 4 is 11.8 Å². The van der Waals surface area contributed by atoms with Crippen molar-refractivity contribution in [1.82, 2.24) is 10.2 Å². The second-order valence-corrected chi connectivity index (χ2v) is 8.05. The summed E-state index contributed by atoms with van der Waals surface area (Å²) in [4.78, 5) is 27.6. The number of amides is 2. The largest absolute Gasteiger partial charge is 0.496 e. The predicted molar refractivity (Wildman–Crippen MR) is 125 cm³/mol. The van der Waals surface area contributed by atoms with Gasteiger partial charge in [-0.25, -0.2) is 0 Å². The summed E-state index contributed by atoms with van der Waals surface area (Å²) in [6.45, 7) is 1.42. The molecular weight excluding hydrogens is 400 g/mol. The van der Waals surface area contributed by atoms with E-state index in [1.54, 1.807) is 7.11 Å². The van der Waals surface area contributed by atoms with E-state index in [0.717, 1.165) is 28.0 Å². The highest BCUT2D eigenvalue weighted by atomic mass is 16.5. The topological polar surface area (TPSA) is 58.6 Å². The van der Waals surface area contributed by atoms with Crippen molar-refractivity contribution in [2.24, 2.45) is 5.92 Å². The van der Waals surface area contributed by atoms with Gasteiger partial charge in [0.1, 0.15) is 5.75 Å². The van der Waals surface area contributed by atoms with E-state index in [0.29, 0.717) is 32.5 Å². The fraction of sp³-hybridized carbons (Fsp3) is 0.259. The van der Waals surface area contributed by atoms with Crippen LogP contribution < -0.4 is 10.1 Å². The molecule has 3 aromatic carbocycles. The molecule has 1 heterocycles. The predicted octanol–water partition coefficient (Wildman–Crippen LogP) is 3.72. The number of carbonyl (C=O) groups is 2. The van der Waals surface area contributed by atoms with E-state index in [4.69, 9.17) is 4.74 Å². The van der Waals surface area contributed by atoms with Crippen LogP contribution in [0.1, 0.15) is 11.1 Å². The molecule has 1 aliphatic heterocycles. The maximum absolute atomic E-state index is 13.0. The number of nitrogens with one attached hydrogen (secondary N) is 1. The van der Waals surface area contributed by atoms with Crippen LogP contribution in [0.25, 0.3) is 11.1 Å². The number of para-hydroxylation sites is 1. The van der Waals surface area contributed by atoms with Crippen LogP contribution in [0.3, 0.4) is 0 Å². The fourth-order valence-corrected chi connectivity index (χ4v) is 4.26. The van der Waals surface area contributed by atoms with Gasteiger partial charge in [0.05, 0.1) is 19.4 Å². The second-order valence-electron chi connectivity index (χ2n) is 8.05. The molecule has 1 fully saturated rings. The third kappa shape index (κ3) is 4.99. The smallest absolute Gasteiger partial charge is 0.227 e. The molecule has 0 bridgehead atoms. The van der Waals surface area contributed by atoms with E-state index >= 15 is 0 Å². The number of benzene rings is 3. The lowest BCUT2D eigenvalue weighted by molar-refractivity contribution is -0.131. The minimum Gasteiger partial charge on any atom is -0.496 e. The Balaban J connectivity index is 1.55. The summed E-state index contributed by atoms with van der Waals surface area (Å²) >= 11 is 0. The normalized spacial score (nSPS) is 16.2. The molecule has 164 valence electrons. The number of hydrogen-bond acceptors (Lipinski definition) is 3. The molecule has 2 amide bonds. The molecule has 5 heteroatoms.